The average Bonchev–Trinajstić information content (AvgIpc) is 3.08. The maximum Gasteiger partial charge on any atom is 0.127 e. The minimum absolute atomic E-state index is 0.438. The molecule has 2 fully saturated rings. The van der Waals surface area contributed by atoms with E-state index in [1.165, 1.54) is 43.4 Å². The number of imidazole rings is 1. The summed E-state index contributed by atoms with van der Waals surface area (Å²) in [5.41, 5.74) is 2.41. The van der Waals surface area contributed by atoms with Crippen molar-refractivity contribution >= 4 is 11.0 Å². The van der Waals surface area contributed by atoms with Gasteiger partial charge in [0.2, 0.25) is 0 Å². The number of benzene rings is 1. The van der Waals surface area contributed by atoms with Crippen molar-refractivity contribution in [3.8, 4) is 0 Å². The number of nitrogens with zero attached hydrogens (tertiary/aromatic N) is 2. The Labute approximate surface area is 126 Å². The fraction of sp³-hybridized carbons (Fsp3) is 0.611. The lowest BCUT2D eigenvalue weighted by Gasteiger charge is -2.24. The number of para-hydroxylation sites is 2. The molecule has 2 aromatic rings. The Morgan fingerprint density at radius 2 is 2.00 bits per heavy atom. The molecule has 1 aliphatic heterocycles. The first-order valence-electron chi connectivity index (χ1n) is 8.47. The van der Waals surface area contributed by atoms with Crippen LogP contribution in [0.25, 0.3) is 11.0 Å². The number of rotatable bonds is 2. The third kappa shape index (κ3) is 2.18. The third-order valence-electron chi connectivity index (χ3n) is 5.31. The van der Waals surface area contributed by atoms with Gasteiger partial charge in [0.25, 0.3) is 0 Å². The van der Waals surface area contributed by atoms with Crippen LogP contribution in [0.2, 0.25) is 0 Å². The normalized spacial score (nSPS) is 29.2. The highest BCUT2D eigenvalue weighted by Gasteiger charge is 2.37. The zero-order chi connectivity index (χ0) is 14.4. The first-order chi connectivity index (χ1) is 10.2. The van der Waals surface area contributed by atoms with Crippen molar-refractivity contribution in [2.24, 2.45) is 5.92 Å². The Morgan fingerprint density at radius 1 is 1.19 bits per heavy atom. The predicted octanol–water partition coefficient (Wildman–Crippen LogP) is 4.21. The largest absolute Gasteiger partial charge is 0.324 e. The molecule has 21 heavy (non-hydrogen) atoms. The molecule has 4 rings (SSSR count). The summed E-state index contributed by atoms with van der Waals surface area (Å²) in [6.45, 7) is 4.53. The van der Waals surface area contributed by atoms with Crippen LogP contribution >= 0.6 is 0 Å². The fourth-order valence-corrected chi connectivity index (χ4v) is 4.37. The summed E-state index contributed by atoms with van der Waals surface area (Å²) >= 11 is 0. The Kier molecular flexibility index (Phi) is 3.26. The van der Waals surface area contributed by atoms with Crippen LogP contribution in [-0.4, -0.2) is 15.6 Å². The second-order valence-electron chi connectivity index (χ2n) is 7.03. The molecule has 112 valence electrons. The zero-order valence-electron chi connectivity index (χ0n) is 13.0. The van der Waals surface area contributed by atoms with Gasteiger partial charge < -0.3 is 9.88 Å². The van der Waals surface area contributed by atoms with Gasteiger partial charge in [-0.3, -0.25) is 0 Å². The first kappa shape index (κ1) is 13.3. The maximum absolute atomic E-state index is 4.97. The van der Waals surface area contributed by atoms with Crippen LogP contribution in [0, 0.1) is 5.92 Å². The summed E-state index contributed by atoms with van der Waals surface area (Å²) in [6, 6.07) is 10.2. The molecule has 1 N–H and O–H groups in total. The van der Waals surface area contributed by atoms with Crippen LogP contribution in [0.5, 0.6) is 0 Å². The SMILES string of the molecule is CC(C)n1c(C2CC3CCCCC3N2)nc2ccccc21. The molecule has 2 aliphatic rings. The summed E-state index contributed by atoms with van der Waals surface area (Å²) in [6.07, 6.45) is 6.82. The van der Waals surface area contributed by atoms with Gasteiger partial charge in [-0.15, -0.1) is 0 Å². The zero-order valence-corrected chi connectivity index (χ0v) is 13.0. The van der Waals surface area contributed by atoms with E-state index < -0.39 is 0 Å². The van der Waals surface area contributed by atoms with E-state index in [9.17, 15) is 0 Å². The quantitative estimate of drug-likeness (QED) is 0.894. The van der Waals surface area contributed by atoms with Crippen molar-refractivity contribution in [2.45, 2.75) is 64.1 Å². The lowest BCUT2D eigenvalue weighted by Crippen LogP contribution is -2.31. The molecule has 3 unspecified atom stereocenters. The van der Waals surface area contributed by atoms with Crippen LogP contribution in [0.3, 0.4) is 0 Å². The van der Waals surface area contributed by atoms with Crippen LogP contribution in [0.4, 0.5) is 0 Å². The molecule has 1 saturated carbocycles. The minimum atomic E-state index is 0.438. The van der Waals surface area contributed by atoms with Gasteiger partial charge in [0.1, 0.15) is 5.82 Å². The predicted molar refractivity (Wildman–Crippen MR) is 86.4 cm³/mol. The van der Waals surface area contributed by atoms with Crippen LogP contribution < -0.4 is 5.32 Å². The van der Waals surface area contributed by atoms with Crippen molar-refractivity contribution in [3.63, 3.8) is 0 Å². The lowest BCUT2D eigenvalue weighted by atomic mass is 9.85. The smallest absolute Gasteiger partial charge is 0.127 e. The molecule has 1 saturated heterocycles. The van der Waals surface area contributed by atoms with Crippen molar-refractivity contribution in [3.05, 3.63) is 30.1 Å². The van der Waals surface area contributed by atoms with Crippen molar-refractivity contribution in [1.82, 2.24) is 14.9 Å². The van der Waals surface area contributed by atoms with Gasteiger partial charge in [-0.2, -0.15) is 0 Å². The first-order valence-corrected chi connectivity index (χ1v) is 8.47. The van der Waals surface area contributed by atoms with E-state index in [1.807, 2.05) is 0 Å². The summed E-state index contributed by atoms with van der Waals surface area (Å²) in [7, 11) is 0. The van der Waals surface area contributed by atoms with Crippen LogP contribution in [-0.2, 0) is 0 Å². The monoisotopic (exact) mass is 283 g/mol. The standard InChI is InChI=1S/C18H25N3/c1-12(2)21-17-10-6-5-9-15(17)20-18(21)16-11-13-7-3-4-8-14(13)19-16/h5-6,9-10,12-14,16,19H,3-4,7-8,11H2,1-2H3. The Hall–Kier alpha value is -1.35. The van der Waals surface area contributed by atoms with E-state index in [0.717, 1.165) is 17.5 Å². The number of nitrogens with one attached hydrogen (secondary N) is 1. The van der Waals surface area contributed by atoms with E-state index in [1.54, 1.807) is 0 Å². The number of fused-ring (bicyclic) bond motifs is 2. The molecule has 1 aromatic carbocycles. The Bertz CT molecular complexity index is 629. The highest BCUT2D eigenvalue weighted by atomic mass is 15.2. The van der Waals surface area contributed by atoms with Gasteiger partial charge in [-0.1, -0.05) is 25.0 Å². The summed E-state index contributed by atoms with van der Waals surface area (Å²) in [4.78, 5) is 4.97. The number of hydrogen-bond acceptors (Lipinski definition) is 2. The number of hydrogen-bond donors (Lipinski definition) is 1. The molecular weight excluding hydrogens is 258 g/mol. The van der Waals surface area contributed by atoms with E-state index >= 15 is 0 Å². The van der Waals surface area contributed by atoms with Crippen molar-refractivity contribution in [2.75, 3.05) is 0 Å². The molecule has 0 radical (unpaired) electrons. The van der Waals surface area contributed by atoms with E-state index in [-0.39, 0.29) is 0 Å². The van der Waals surface area contributed by atoms with Crippen molar-refractivity contribution in [1.29, 1.82) is 0 Å². The van der Waals surface area contributed by atoms with Gasteiger partial charge in [0, 0.05) is 12.1 Å². The van der Waals surface area contributed by atoms with Gasteiger partial charge in [-0.25, -0.2) is 4.98 Å². The molecule has 3 nitrogen and oxygen atoms in total. The second-order valence-corrected chi connectivity index (χ2v) is 7.03. The summed E-state index contributed by atoms with van der Waals surface area (Å²) in [5, 5.41) is 3.88. The number of aromatic nitrogens is 2. The van der Waals surface area contributed by atoms with Gasteiger partial charge >= 0.3 is 0 Å². The molecule has 1 aliphatic carbocycles. The minimum Gasteiger partial charge on any atom is -0.324 e. The molecule has 0 bridgehead atoms. The molecule has 0 amide bonds. The molecule has 3 atom stereocenters. The van der Waals surface area contributed by atoms with Crippen LogP contribution in [0.15, 0.2) is 24.3 Å². The molecular formula is C18H25N3. The Balaban J connectivity index is 1.74. The molecule has 0 spiro atoms. The highest BCUT2D eigenvalue weighted by molar-refractivity contribution is 5.76. The van der Waals surface area contributed by atoms with E-state index in [2.05, 4.69) is 48.0 Å². The van der Waals surface area contributed by atoms with Crippen LogP contribution in [0.1, 0.15) is 63.9 Å². The second kappa shape index (κ2) is 5.13. The van der Waals surface area contributed by atoms with Gasteiger partial charge in [-0.05, 0) is 51.2 Å². The van der Waals surface area contributed by atoms with Crippen molar-refractivity contribution < 1.29 is 0 Å². The fourth-order valence-electron chi connectivity index (χ4n) is 4.37. The Morgan fingerprint density at radius 3 is 2.81 bits per heavy atom. The summed E-state index contributed by atoms with van der Waals surface area (Å²) in [5.74, 6) is 2.12. The average molecular weight is 283 g/mol. The van der Waals surface area contributed by atoms with Gasteiger partial charge in [0.15, 0.2) is 0 Å². The van der Waals surface area contributed by atoms with E-state index in [0.29, 0.717) is 12.1 Å². The topological polar surface area (TPSA) is 29.9 Å². The summed E-state index contributed by atoms with van der Waals surface area (Å²) < 4.78 is 2.43. The third-order valence-corrected chi connectivity index (χ3v) is 5.31. The maximum atomic E-state index is 4.97. The lowest BCUT2D eigenvalue weighted by molar-refractivity contribution is 0.325. The van der Waals surface area contributed by atoms with Gasteiger partial charge in [0.05, 0.1) is 17.1 Å². The molecule has 1 aromatic heterocycles. The highest BCUT2D eigenvalue weighted by Crippen LogP contribution is 2.40. The van der Waals surface area contributed by atoms with E-state index in [4.69, 9.17) is 4.98 Å². The molecule has 3 heteroatoms. The molecule has 2 heterocycles.